The van der Waals surface area contributed by atoms with Gasteiger partial charge in [0, 0.05) is 5.92 Å². The topological polar surface area (TPSA) is 23.8 Å². The van der Waals surface area contributed by atoms with Gasteiger partial charge < -0.3 is 0 Å². The van der Waals surface area contributed by atoms with Crippen molar-refractivity contribution in [3.63, 3.8) is 0 Å². The first-order chi connectivity index (χ1) is 9.30. The van der Waals surface area contributed by atoms with Gasteiger partial charge in [-0.15, -0.1) is 5.73 Å². The van der Waals surface area contributed by atoms with Crippen LogP contribution in [-0.4, -0.2) is 0 Å². The molecule has 0 aliphatic heterocycles. The van der Waals surface area contributed by atoms with Crippen LogP contribution in [0.3, 0.4) is 0 Å². The van der Waals surface area contributed by atoms with E-state index >= 15 is 0 Å². The fourth-order valence-corrected chi connectivity index (χ4v) is 2.23. The first-order valence-electron chi connectivity index (χ1n) is 7.06. The summed E-state index contributed by atoms with van der Waals surface area (Å²) in [5.74, 6) is 0.246. The summed E-state index contributed by atoms with van der Waals surface area (Å²) < 4.78 is 0. The monoisotopic (exact) mass is 253 g/mol. The van der Waals surface area contributed by atoms with Crippen LogP contribution in [0.4, 0.5) is 0 Å². The second-order valence-corrected chi connectivity index (χ2v) is 4.83. The quantitative estimate of drug-likeness (QED) is 0.381. The number of allylic oxidation sites excluding steroid dienone is 7. The highest BCUT2D eigenvalue weighted by molar-refractivity contribution is 5.27. The minimum absolute atomic E-state index is 0.246. The maximum Gasteiger partial charge on any atom is 0.0656 e. The van der Waals surface area contributed by atoms with Crippen molar-refractivity contribution in [3.05, 3.63) is 53.3 Å². The SMILES string of the molecule is CC=C=CC=CC(=CC)CC1=CCCC(C#N)CC1. The van der Waals surface area contributed by atoms with E-state index in [0.29, 0.717) is 0 Å². The molecule has 0 bridgehead atoms. The van der Waals surface area contributed by atoms with E-state index in [0.717, 1.165) is 32.1 Å². The molecule has 19 heavy (non-hydrogen) atoms. The fourth-order valence-electron chi connectivity index (χ4n) is 2.23. The zero-order valence-corrected chi connectivity index (χ0v) is 12.0. The van der Waals surface area contributed by atoms with Crippen LogP contribution < -0.4 is 0 Å². The average molecular weight is 253 g/mol. The molecule has 1 atom stereocenters. The van der Waals surface area contributed by atoms with Gasteiger partial charge in [0.2, 0.25) is 0 Å². The number of rotatable bonds is 4. The van der Waals surface area contributed by atoms with E-state index in [1.807, 2.05) is 25.2 Å². The first kappa shape index (κ1) is 15.3. The molecule has 0 saturated carbocycles. The third-order valence-electron chi connectivity index (χ3n) is 3.42. The fraction of sp³-hybridized carbons (Fsp3) is 0.444. The van der Waals surface area contributed by atoms with Gasteiger partial charge in [-0.3, -0.25) is 0 Å². The molecule has 0 amide bonds. The van der Waals surface area contributed by atoms with Gasteiger partial charge in [0.1, 0.15) is 0 Å². The molecule has 100 valence electrons. The summed E-state index contributed by atoms with van der Waals surface area (Å²) in [6, 6.07) is 2.40. The molecule has 1 nitrogen and oxygen atoms in total. The van der Waals surface area contributed by atoms with Crippen molar-refractivity contribution in [1.29, 1.82) is 5.26 Å². The number of hydrogen-bond donors (Lipinski definition) is 0. The molecule has 0 aromatic rings. The molecule has 0 spiro atoms. The molecule has 0 heterocycles. The van der Waals surface area contributed by atoms with Crippen molar-refractivity contribution in [3.8, 4) is 6.07 Å². The van der Waals surface area contributed by atoms with Crippen LogP contribution in [-0.2, 0) is 0 Å². The largest absolute Gasteiger partial charge is 0.198 e. The molecular formula is C18H23N. The van der Waals surface area contributed by atoms with Crippen molar-refractivity contribution in [2.24, 2.45) is 5.92 Å². The molecule has 1 aliphatic carbocycles. The van der Waals surface area contributed by atoms with E-state index in [1.165, 1.54) is 11.1 Å². The summed E-state index contributed by atoms with van der Waals surface area (Å²) in [5, 5.41) is 8.99. The number of nitrogens with zero attached hydrogens (tertiary/aromatic N) is 1. The third-order valence-corrected chi connectivity index (χ3v) is 3.42. The Balaban J connectivity index is 2.57. The van der Waals surface area contributed by atoms with Crippen molar-refractivity contribution in [2.75, 3.05) is 0 Å². The van der Waals surface area contributed by atoms with Crippen LogP contribution in [0.5, 0.6) is 0 Å². The third kappa shape index (κ3) is 6.09. The normalized spacial score (nSPS) is 20.2. The van der Waals surface area contributed by atoms with Gasteiger partial charge in [0.25, 0.3) is 0 Å². The molecule has 0 N–H and O–H groups in total. The minimum Gasteiger partial charge on any atom is -0.198 e. The molecule has 0 fully saturated rings. The van der Waals surface area contributed by atoms with Gasteiger partial charge in [0.05, 0.1) is 6.07 Å². The minimum atomic E-state index is 0.246. The molecule has 0 aromatic heterocycles. The Hall–Kier alpha value is -1.77. The Labute approximate surface area is 117 Å². The standard InChI is InChI=1S/C18H23N/c1-3-5-6-7-9-16(4-2)14-17-10-8-11-18(15-19)13-12-17/h3-4,6-7,9-10,18H,8,11-14H2,1-2H3. The van der Waals surface area contributed by atoms with Gasteiger partial charge in [-0.2, -0.15) is 5.26 Å². The van der Waals surface area contributed by atoms with Gasteiger partial charge in [0.15, 0.2) is 0 Å². The molecule has 0 saturated heterocycles. The van der Waals surface area contributed by atoms with Crippen LogP contribution >= 0.6 is 0 Å². The lowest BCUT2D eigenvalue weighted by molar-refractivity contribution is 0.576. The average Bonchev–Trinajstić information content (AvgIpc) is 2.67. The molecule has 0 aromatic carbocycles. The van der Waals surface area contributed by atoms with E-state index in [4.69, 9.17) is 5.26 Å². The predicted octanol–water partition coefficient (Wildman–Crippen LogP) is 5.25. The number of nitriles is 1. The maximum absolute atomic E-state index is 8.99. The van der Waals surface area contributed by atoms with Crippen LogP contribution in [0.1, 0.15) is 46.0 Å². The smallest absolute Gasteiger partial charge is 0.0656 e. The van der Waals surface area contributed by atoms with E-state index < -0.39 is 0 Å². The molecule has 1 rings (SSSR count). The Bertz CT molecular complexity index is 462. The van der Waals surface area contributed by atoms with E-state index in [1.54, 1.807) is 0 Å². The van der Waals surface area contributed by atoms with E-state index in [2.05, 4.69) is 37.0 Å². The summed E-state index contributed by atoms with van der Waals surface area (Å²) in [6.07, 6.45) is 17.6. The summed E-state index contributed by atoms with van der Waals surface area (Å²) in [5.41, 5.74) is 5.85. The Morgan fingerprint density at radius 2 is 2.26 bits per heavy atom. The zero-order chi connectivity index (χ0) is 13.9. The Morgan fingerprint density at radius 1 is 1.42 bits per heavy atom. The van der Waals surface area contributed by atoms with Crippen LogP contribution in [0.25, 0.3) is 0 Å². The maximum atomic E-state index is 8.99. The summed E-state index contributed by atoms with van der Waals surface area (Å²) in [6.45, 7) is 4.04. The van der Waals surface area contributed by atoms with E-state index in [-0.39, 0.29) is 5.92 Å². The first-order valence-corrected chi connectivity index (χ1v) is 7.06. The molecular weight excluding hydrogens is 230 g/mol. The lowest BCUT2D eigenvalue weighted by atomic mass is 9.98. The number of hydrogen-bond acceptors (Lipinski definition) is 1. The van der Waals surface area contributed by atoms with Gasteiger partial charge in [-0.25, -0.2) is 0 Å². The van der Waals surface area contributed by atoms with Crippen LogP contribution in [0.15, 0.2) is 53.3 Å². The highest BCUT2D eigenvalue weighted by Gasteiger charge is 2.12. The van der Waals surface area contributed by atoms with Crippen molar-refractivity contribution in [1.82, 2.24) is 0 Å². The van der Waals surface area contributed by atoms with Crippen LogP contribution in [0.2, 0.25) is 0 Å². The molecule has 1 aliphatic rings. The summed E-state index contributed by atoms with van der Waals surface area (Å²) >= 11 is 0. The van der Waals surface area contributed by atoms with E-state index in [9.17, 15) is 0 Å². The van der Waals surface area contributed by atoms with Crippen molar-refractivity contribution >= 4 is 0 Å². The predicted molar refractivity (Wildman–Crippen MR) is 81.5 cm³/mol. The van der Waals surface area contributed by atoms with Crippen molar-refractivity contribution < 1.29 is 0 Å². The van der Waals surface area contributed by atoms with Crippen LogP contribution in [0, 0.1) is 17.2 Å². The molecule has 1 heteroatoms. The Morgan fingerprint density at radius 3 is 2.95 bits per heavy atom. The van der Waals surface area contributed by atoms with Crippen molar-refractivity contribution in [2.45, 2.75) is 46.0 Å². The lowest BCUT2D eigenvalue weighted by Crippen LogP contribution is -1.94. The second kappa shape index (κ2) is 9.20. The molecule has 0 radical (unpaired) electrons. The van der Waals surface area contributed by atoms with Gasteiger partial charge in [-0.1, -0.05) is 29.9 Å². The lowest BCUT2D eigenvalue weighted by Gasteiger charge is -2.07. The summed E-state index contributed by atoms with van der Waals surface area (Å²) in [4.78, 5) is 0. The summed E-state index contributed by atoms with van der Waals surface area (Å²) in [7, 11) is 0. The highest BCUT2D eigenvalue weighted by Crippen LogP contribution is 2.26. The van der Waals surface area contributed by atoms with Gasteiger partial charge >= 0.3 is 0 Å². The molecule has 1 unspecified atom stereocenters. The highest BCUT2D eigenvalue weighted by atomic mass is 14.3. The second-order valence-electron chi connectivity index (χ2n) is 4.83. The van der Waals surface area contributed by atoms with Gasteiger partial charge in [-0.05, 0) is 63.7 Å². The zero-order valence-electron chi connectivity index (χ0n) is 12.0. The Kier molecular flexibility index (Phi) is 7.40.